The molecule has 0 aromatic carbocycles. The number of carboxylic acid groups (broad SMARTS) is 2. The minimum Gasteiger partial charge on any atom is -0.481 e. The number of hydrogen-bond donors (Lipinski definition) is 2. The Morgan fingerprint density at radius 1 is 0.909 bits per heavy atom. The van der Waals surface area contributed by atoms with Crippen LogP contribution in [-0.2, 0) is 9.59 Å². The Bertz CT molecular complexity index is 323. The molecule has 4 nitrogen and oxygen atoms in total. The highest BCUT2D eigenvalue weighted by Gasteiger charge is 2.14. The van der Waals surface area contributed by atoms with Crippen LogP contribution in [0.2, 0.25) is 0 Å². The molecule has 0 aliphatic heterocycles. The van der Waals surface area contributed by atoms with E-state index in [2.05, 4.69) is 13.0 Å². The first-order valence-electron chi connectivity index (χ1n) is 8.67. The van der Waals surface area contributed by atoms with E-state index in [-0.39, 0.29) is 12.3 Å². The maximum Gasteiger partial charge on any atom is 0.306 e. The topological polar surface area (TPSA) is 74.6 Å². The van der Waals surface area contributed by atoms with E-state index in [1.54, 1.807) is 0 Å². The van der Waals surface area contributed by atoms with Gasteiger partial charge in [-0.1, -0.05) is 57.6 Å². The molecular weight excluding hydrogens is 280 g/mol. The van der Waals surface area contributed by atoms with Gasteiger partial charge in [0.2, 0.25) is 0 Å². The third-order valence-electron chi connectivity index (χ3n) is 3.85. The van der Waals surface area contributed by atoms with Crippen molar-refractivity contribution in [2.45, 2.75) is 84.0 Å². The van der Waals surface area contributed by atoms with Gasteiger partial charge in [-0.25, -0.2) is 0 Å². The van der Waals surface area contributed by atoms with Crippen molar-refractivity contribution < 1.29 is 19.8 Å². The average Bonchev–Trinajstić information content (AvgIpc) is 2.46. The monoisotopic (exact) mass is 312 g/mol. The molecular formula is C18H32O4. The number of aliphatic carboxylic acids is 2. The maximum atomic E-state index is 11.2. The van der Waals surface area contributed by atoms with Gasteiger partial charge in [0.25, 0.3) is 0 Å². The fourth-order valence-electron chi connectivity index (χ4n) is 2.43. The molecule has 0 radical (unpaired) electrons. The fraction of sp³-hybridized carbons (Fsp3) is 0.778. The third kappa shape index (κ3) is 13.7. The van der Waals surface area contributed by atoms with E-state index >= 15 is 0 Å². The summed E-state index contributed by atoms with van der Waals surface area (Å²) in [7, 11) is 0. The molecule has 0 spiro atoms. The van der Waals surface area contributed by atoms with Crippen LogP contribution in [0, 0.1) is 5.92 Å². The minimum absolute atomic E-state index is 0.237. The van der Waals surface area contributed by atoms with E-state index < -0.39 is 11.9 Å². The van der Waals surface area contributed by atoms with E-state index in [1.807, 2.05) is 6.08 Å². The number of hydrogen-bond acceptors (Lipinski definition) is 2. The first-order valence-corrected chi connectivity index (χ1v) is 8.67. The molecule has 0 bridgehead atoms. The summed E-state index contributed by atoms with van der Waals surface area (Å²) in [6.45, 7) is 2.17. The predicted molar refractivity (Wildman–Crippen MR) is 89.0 cm³/mol. The molecule has 0 aliphatic carbocycles. The molecule has 0 fully saturated rings. The minimum atomic E-state index is -0.739. The Morgan fingerprint density at radius 2 is 1.59 bits per heavy atom. The second-order valence-corrected chi connectivity index (χ2v) is 5.94. The van der Waals surface area contributed by atoms with Crippen LogP contribution in [0.5, 0.6) is 0 Å². The van der Waals surface area contributed by atoms with Gasteiger partial charge in [-0.3, -0.25) is 9.59 Å². The summed E-state index contributed by atoms with van der Waals surface area (Å²) in [5, 5.41) is 17.7. The Balaban J connectivity index is 3.68. The summed E-state index contributed by atoms with van der Waals surface area (Å²) >= 11 is 0. The first kappa shape index (κ1) is 20.7. The Kier molecular flexibility index (Phi) is 13.7. The van der Waals surface area contributed by atoms with Crippen molar-refractivity contribution in [1.29, 1.82) is 0 Å². The van der Waals surface area contributed by atoms with E-state index in [0.717, 1.165) is 38.5 Å². The second kappa shape index (κ2) is 14.6. The van der Waals surface area contributed by atoms with Crippen LogP contribution >= 0.6 is 0 Å². The Morgan fingerprint density at radius 3 is 2.23 bits per heavy atom. The Labute approximate surface area is 134 Å². The highest BCUT2D eigenvalue weighted by molar-refractivity contribution is 5.70. The smallest absolute Gasteiger partial charge is 0.306 e. The molecule has 22 heavy (non-hydrogen) atoms. The van der Waals surface area contributed by atoms with Crippen molar-refractivity contribution in [1.82, 2.24) is 0 Å². The molecule has 0 aliphatic rings. The number of allylic oxidation sites excluding steroid dienone is 2. The van der Waals surface area contributed by atoms with Gasteiger partial charge < -0.3 is 10.2 Å². The van der Waals surface area contributed by atoms with Gasteiger partial charge in [-0.15, -0.1) is 0 Å². The van der Waals surface area contributed by atoms with Gasteiger partial charge in [0.15, 0.2) is 0 Å². The van der Waals surface area contributed by atoms with Gasteiger partial charge in [0.1, 0.15) is 0 Å². The molecule has 0 aromatic rings. The van der Waals surface area contributed by atoms with Crippen molar-refractivity contribution >= 4 is 11.9 Å². The predicted octanol–water partition coefficient (Wildman–Crippen LogP) is 5.03. The number of carbonyl (C=O) groups is 2. The summed E-state index contributed by atoms with van der Waals surface area (Å²) in [5.74, 6) is -1.72. The first-order chi connectivity index (χ1) is 10.6. The van der Waals surface area contributed by atoms with Crippen molar-refractivity contribution in [2.75, 3.05) is 0 Å². The maximum absolute atomic E-state index is 11.2. The van der Waals surface area contributed by atoms with E-state index in [1.165, 1.54) is 19.3 Å². The van der Waals surface area contributed by atoms with Crippen molar-refractivity contribution in [3.05, 3.63) is 12.2 Å². The molecule has 128 valence electrons. The van der Waals surface area contributed by atoms with Crippen molar-refractivity contribution in [3.63, 3.8) is 0 Å². The molecule has 0 saturated carbocycles. The van der Waals surface area contributed by atoms with Gasteiger partial charge >= 0.3 is 11.9 Å². The lowest BCUT2D eigenvalue weighted by molar-refractivity contribution is -0.142. The average molecular weight is 312 g/mol. The zero-order valence-electron chi connectivity index (χ0n) is 13.9. The zero-order chi connectivity index (χ0) is 16.6. The van der Waals surface area contributed by atoms with Gasteiger partial charge in [0, 0.05) is 6.42 Å². The highest BCUT2D eigenvalue weighted by Crippen LogP contribution is 2.16. The molecule has 0 saturated heterocycles. The van der Waals surface area contributed by atoms with Crippen molar-refractivity contribution in [3.8, 4) is 0 Å². The number of carboxylic acids is 2. The SMILES string of the molecule is CCCCC/C=C\CC(CCCCCCCC(=O)O)C(=O)O. The molecule has 2 N–H and O–H groups in total. The van der Waals surface area contributed by atoms with E-state index in [0.29, 0.717) is 12.8 Å². The largest absolute Gasteiger partial charge is 0.481 e. The lowest BCUT2D eigenvalue weighted by Crippen LogP contribution is -2.12. The standard InChI is InChI=1S/C18H32O4/c1-2-3-4-5-7-10-13-16(18(21)22)14-11-8-6-9-12-15-17(19)20/h7,10,16H,2-6,8-9,11-15H2,1H3,(H,19,20)(H,21,22)/b10-7-. The summed E-state index contributed by atoms with van der Waals surface area (Å²) in [6.07, 6.45) is 14.9. The number of unbranched alkanes of at least 4 members (excludes halogenated alkanes) is 7. The summed E-state index contributed by atoms with van der Waals surface area (Å²) in [4.78, 5) is 21.6. The van der Waals surface area contributed by atoms with Crippen LogP contribution in [0.1, 0.15) is 84.0 Å². The molecule has 1 atom stereocenters. The highest BCUT2D eigenvalue weighted by atomic mass is 16.4. The van der Waals surface area contributed by atoms with Crippen LogP contribution in [0.25, 0.3) is 0 Å². The molecule has 1 unspecified atom stereocenters. The molecule has 0 aromatic heterocycles. The van der Waals surface area contributed by atoms with Gasteiger partial charge in [-0.05, 0) is 32.1 Å². The quantitative estimate of drug-likeness (QED) is 0.328. The summed E-state index contributed by atoms with van der Waals surface area (Å²) < 4.78 is 0. The fourth-order valence-corrected chi connectivity index (χ4v) is 2.43. The van der Waals surface area contributed by atoms with Crippen LogP contribution < -0.4 is 0 Å². The summed E-state index contributed by atoms with van der Waals surface area (Å²) in [5.41, 5.74) is 0. The molecule has 0 rings (SSSR count). The molecule has 0 amide bonds. The van der Waals surface area contributed by atoms with Crippen LogP contribution in [0.15, 0.2) is 12.2 Å². The summed E-state index contributed by atoms with van der Waals surface area (Å²) in [6, 6.07) is 0. The molecule has 0 heterocycles. The lowest BCUT2D eigenvalue weighted by atomic mass is 9.97. The van der Waals surface area contributed by atoms with Gasteiger partial charge in [0.05, 0.1) is 5.92 Å². The van der Waals surface area contributed by atoms with Gasteiger partial charge in [-0.2, -0.15) is 0 Å². The van der Waals surface area contributed by atoms with Crippen molar-refractivity contribution in [2.24, 2.45) is 5.92 Å². The van der Waals surface area contributed by atoms with Crippen LogP contribution in [-0.4, -0.2) is 22.2 Å². The van der Waals surface area contributed by atoms with E-state index in [4.69, 9.17) is 5.11 Å². The lowest BCUT2D eigenvalue weighted by Gasteiger charge is -2.09. The van der Waals surface area contributed by atoms with Crippen LogP contribution in [0.4, 0.5) is 0 Å². The Hall–Kier alpha value is -1.32. The normalized spacial score (nSPS) is 12.6. The second-order valence-electron chi connectivity index (χ2n) is 5.94. The third-order valence-corrected chi connectivity index (χ3v) is 3.85. The zero-order valence-corrected chi connectivity index (χ0v) is 13.9. The number of rotatable bonds is 15. The molecule has 4 heteroatoms. The van der Waals surface area contributed by atoms with Crippen LogP contribution in [0.3, 0.4) is 0 Å². The van der Waals surface area contributed by atoms with E-state index in [9.17, 15) is 14.7 Å².